The smallest absolute Gasteiger partial charge is 0.321 e. The average molecular weight is 515 g/mol. The molecule has 3 rings (SSSR count). The SMILES string of the molecule is COc1cc(OC)cc(N2CCN(C(=O)Nc3ccc(OC)c(OCCN(C(C)C)C(C)C)c3)CC2)c1. The predicted octanol–water partition coefficient (Wildman–Crippen LogP) is 4.56. The van der Waals surface area contributed by atoms with Crippen molar-refractivity contribution in [3.05, 3.63) is 36.4 Å². The fraction of sp³-hybridized carbons (Fsp3) is 0.536. The zero-order chi connectivity index (χ0) is 26.9. The second-order valence-corrected chi connectivity index (χ2v) is 9.61. The monoisotopic (exact) mass is 514 g/mol. The molecule has 1 fully saturated rings. The van der Waals surface area contributed by atoms with Crippen LogP contribution in [0.25, 0.3) is 0 Å². The Morgan fingerprint density at radius 2 is 1.49 bits per heavy atom. The first-order valence-electron chi connectivity index (χ1n) is 12.9. The Bertz CT molecular complexity index is 991. The maximum absolute atomic E-state index is 13.0. The highest BCUT2D eigenvalue weighted by Crippen LogP contribution is 2.31. The van der Waals surface area contributed by atoms with Crippen LogP contribution in [0.1, 0.15) is 27.7 Å². The Hall–Kier alpha value is -3.33. The highest BCUT2D eigenvalue weighted by molar-refractivity contribution is 5.90. The van der Waals surface area contributed by atoms with Crippen LogP contribution in [0.3, 0.4) is 0 Å². The minimum Gasteiger partial charge on any atom is -0.497 e. The van der Waals surface area contributed by atoms with Crippen molar-refractivity contribution in [3.8, 4) is 23.0 Å². The summed E-state index contributed by atoms with van der Waals surface area (Å²) in [7, 11) is 4.90. The quantitative estimate of drug-likeness (QED) is 0.471. The van der Waals surface area contributed by atoms with Crippen LogP contribution in [0.5, 0.6) is 23.0 Å². The number of ether oxygens (including phenoxy) is 4. The number of carbonyl (C=O) groups excluding carboxylic acids is 1. The third kappa shape index (κ3) is 7.58. The second-order valence-electron chi connectivity index (χ2n) is 9.61. The van der Waals surface area contributed by atoms with Crippen LogP contribution in [-0.2, 0) is 0 Å². The lowest BCUT2D eigenvalue weighted by molar-refractivity contribution is 0.140. The fourth-order valence-electron chi connectivity index (χ4n) is 4.59. The van der Waals surface area contributed by atoms with Gasteiger partial charge in [-0.1, -0.05) is 0 Å². The van der Waals surface area contributed by atoms with Crippen molar-refractivity contribution < 1.29 is 23.7 Å². The molecule has 0 atom stereocenters. The number of hydrogen-bond acceptors (Lipinski definition) is 7. The Labute approximate surface area is 221 Å². The van der Waals surface area contributed by atoms with Crippen LogP contribution in [-0.4, -0.2) is 88.6 Å². The molecule has 1 saturated heterocycles. The van der Waals surface area contributed by atoms with Gasteiger partial charge in [-0.15, -0.1) is 0 Å². The van der Waals surface area contributed by atoms with Crippen LogP contribution in [0, 0.1) is 0 Å². The summed E-state index contributed by atoms with van der Waals surface area (Å²) in [6, 6.07) is 12.0. The zero-order valence-electron chi connectivity index (χ0n) is 23.2. The molecule has 9 nitrogen and oxygen atoms in total. The average Bonchev–Trinajstić information content (AvgIpc) is 2.90. The zero-order valence-corrected chi connectivity index (χ0v) is 23.2. The molecular formula is C28H42N4O5. The number of nitrogens with zero attached hydrogens (tertiary/aromatic N) is 3. The summed E-state index contributed by atoms with van der Waals surface area (Å²) in [4.78, 5) is 19.4. The summed E-state index contributed by atoms with van der Waals surface area (Å²) in [5.74, 6) is 2.74. The van der Waals surface area contributed by atoms with Gasteiger partial charge in [0, 0.05) is 80.4 Å². The van der Waals surface area contributed by atoms with E-state index in [2.05, 4.69) is 42.8 Å². The summed E-state index contributed by atoms with van der Waals surface area (Å²) >= 11 is 0. The van der Waals surface area contributed by atoms with Gasteiger partial charge >= 0.3 is 6.03 Å². The minimum absolute atomic E-state index is 0.134. The van der Waals surface area contributed by atoms with Gasteiger partial charge in [-0.3, -0.25) is 4.90 Å². The van der Waals surface area contributed by atoms with Crippen molar-refractivity contribution in [2.45, 2.75) is 39.8 Å². The fourth-order valence-corrected chi connectivity index (χ4v) is 4.59. The Morgan fingerprint density at radius 3 is 2.03 bits per heavy atom. The van der Waals surface area contributed by atoms with E-state index in [1.54, 1.807) is 21.3 Å². The van der Waals surface area contributed by atoms with Gasteiger partial charge in [-0.05, 0) is 39.8 Å². The van der Waals surface area contributed by atoms with Gasteiger partial charge < -0.3 is 34.1 Å². The molecule has 0 aliphatic carbocycles. The Balaban J connectivity index is 1.58. The van der Waals surface area contributed by atoms with Crippen LogP contribution in [0.4, 0.5) is 16.2 Å². The van der Waals surface area contributed by atoms with E-state index in [9.17, 15) is 4.79 Å². The van der Waals surface area contributed by atoms with Crippen LogP contribution in [0.2, 0.25) is 0 Å². The second kappa shape index (κ2) is 13.3. The number of methoxy groups -OCH3 is 3. The van der Waals surface area contributed by atoms with E-state index in [0.717, 1.165) is 23.7 Å². The van der Waals surface area contributed by atoms with Crippen LogP contribution in [0.15, 0.2) is 36.4 Å². The standard InChI is InChI=1S/C28H42N4O5/c1-20(2)32(21(3)4)14-15-37-27-16-22(8-9-26(27)36-7)29-28(33)31-12-10-30(11-13-31)23-17-24(34-5)19-25(18-23)35-6/h8-9,16-21H,10-15H2,1-7H3,(H,29,33). The van der Waals surface area contributed by atoms with Crippen molar-refractivity contribution in [1.29, 1.82) is 0 Å². The number of nitrogens with one attached hydrogen (secondary N) is 1. The molecule has 0 saturated carbocycles. The van der Waals surface area contributed by atoms with Crippen molar-refractivity contribution >= 4 is 17.4 Å². The molecule has 2 aromatic carbocycles. The summed E-state index contributed by atoms with van der Waals surface area (Å²) < 4.78 is 22.3. The number of piperazine rings is 1. The molecular weight excluding hydrogens is 472 g/mol. The molecule has 0 bridgehead atoms. The molecule has 1 aliphatic rings. The number of anilines is 2. The molecule has 2 aromatic rings. The summed E-state index contributed by atoms with van der Waals surface area (Å²) in [6.45, 7) is 12.7. The van der Waals surface area contributed by atoms with Gasteiger partial charge in [-0.25, -0.2) is 4.79 Å². The molecule has 2 amide bonds. The van der Waals surface area contributed by atoms with Crippen LogP contribution >= 0.6 is 0 Å². The number of rotatable bonds is 11. The lowest BCUT2D eigenvalue weighted by atomic mass is 10.2. The largest absolute Gasteiger partial charge is 0.497 e. The lowest BCUT2D eigenvalue weighted by Gasteiger charge is -2.36. The molecule has 204 valence electrons. The lowest BCUT2D eigenvalue weighted by Crippen LogP contribution is -2.50. The van der Waals surface area contributed by atoms with Crippen molar-refractivity contribution in [1.82, 2.24) is 9.80 Å². The molecule has 1 heterocycles. The van der Waals surface area contributed by atoms with Gasteiger partial charge in [0.2, 0.25) is 0 Å². The first kappa shape index (κ1) is 28.2. The molecule has 9 heteroatoms. The molecule has 37 heavy (non-hydrogen) atoms. The van der Waals surface area contributed by atoms with Crippen molar-refractivity contribution in [3.63, 3.8) is 0 Å². The van der Waals surface area contributed by atoms with Crippen LogP contribution < -0.4 is 29.2 Å². The van der Waals surface area contributed by atoms with Gasteiger partial charge in [-0.2, -0.15) is 0 Å². The molecule has 1 N–H and O–H groups in total. The summed E-state index contributed by atoms with van der Waals surface area (Å²) in [5.41, 5.74) is 1.69. The number of hydrogen-bond donors (Lipinski definition) is 1. The predicted molar refractivity (Wildman–Crippen MR) is 148 cm³/mol. The van der Waals surface area contributed by atoms with Gasteiger partial charge in [0.25, 0.3) is 0 Å². The first-order chi connectivity index (χ1) is 17.7. The van der Waals surface area contributed by atoms with E-state index in [0.29, 0.717) is 62.1 Å². The maximum Gasteiger partial charge on any atom is 0.321 e. The number of urea groups is 1. The summed E-state index contributed by atoms with van der Waals surface area (Å²) in [5, 5.41) is 3.01. The van der Waals surface area contributed by atoms with E-state index in [-0.39, 0.29) is 6.03 Å². The van der Waals surface area contributed by atoms with Crippen molar-refractivity contribution in [2.24, 2.45) is 0 Å². The number of amides is 2. The highest BCUT2D eigenvalue weighted by atomic mass is 16.5. The Morgan fingerprint density at radius 1 is 0.865 bits per heavy atom. The molecule has 0 radical (unpaired) electrons. The molecule has 0 aromatic heterocycles. The van der Waals surface area contributed by atoms with E-state index < -0.39 is 0 Å². The van der Waals surface area contributed by atoms with E-state index in [4.69, 9.17) is 18.9 Å². The first-order valence-corrected chi connectivity index (χ1v) is 12.9. The maximum atomic E-state index is 13.0. The normalized spacial score (nSPS) is 13.8. The Kier molecular flexibility index (Phi) is 10.1. The van der Waals surface area contributed by atoms with Crippen molar-refractivity contribution in [2.75, 3.05) is 70.9 Å². The number of carbonyl (C=O) groups is 1. The van der Waals surface area contributed by atoms with Gasteiger partial charge in [0.1, 0.15) is 18.1 Å². The summed E-state index contributed by atoms with van der Waals surface area (Å²) in [6.07, 6.45) is 0. The third-order valence-corrected chi connectivity index (χ3v) is 6.62. The van der Waals surface area contributed by atoms with E-state index >= 15 is 0 Å². The number of benzene rings is 2. The topological polar surface area (TPSA) is 75.7 Å². The van der Waals surface area contributed by atoms with Gasteiger partial charge in [0.05, 0.1) is 21.3 Å². The highest BCUT2D eigenvalue weighted by Gasteiger charge is 2.23. The van der Waals surface area contributed by atoms with E-state index in [1.165, 1.54) is 0 Å². The van der Waals surface area contributed by atoms with E-state index in [1.807, 2.05) is 41.3 Å². The van der Waals surface area contributed by atoms with Gasteiger partial charge in [0.15, 0.2) is 11.5 Å². The molecule has 1 aliphatic heterocycles. The molecule has 0 spiro atoms. The third-order valence-electron chi connectivity index (χ3n) is 6.62. The minimum atomic E-state index is -0.134. The molecule has 0 unspecified atom stereocenters.